The Labute approximate surface area is 115 Å². The molecule has 2 fully saturated rings. The maximum atomic E-state index is 5.29. The van der Waals surface area contributed by atoms with Gasteiger partial charge in [0.05, 0.1) is 7.11 Å². The molecular weight excluding hydrogens is 236 g/mol. The maximum Gasteiger partial charge on any atom is 0.118 e. The smallest absolute Gasteiger partial charge is 0.118 e. The zero-order valence-electron chi connectivity index (χ0n) is 11.8. The van der Waals surface area contributed by atoms with Gasteiger partial charge in [-0.15, -0.1) is 0 Å². The molecule has 3 heteroatoms. The van der Waals surface area contributed by atoms with Crippen LogP contribution in [0.5, 0.6) is 5.75 Å². The Morgan fingerprint density at radius 2 is 1.68 bits per heavy atom. The fraction of sp³-hybridized carbons (Fsp3) is 0.625. The average molecular weight is 260 g/mol. The first-order valence-corrected chi connectivity index (χ1v) is 7.45. The van der Waals surface area contributed by atoms with Crippen molar-refractivity contribution in [1.29, 1.82) is 0 Å². The van der Waals surface area contributed by atoms with Crippen molar-refractivity contribution in [2.75, 3.05) is 33.3 Å². The fourth-order valence-corrected chi connectivity index (χ4v) is 3.67. The Morgan fingerprint density at radius 1 is 1.05 bits per heavy atom. The summed E-state index contributed by atoms with van der Waals surface area (Å²) in [6, 6.07) is 8.75. The predicted molar refractivity (Wildman–Crippen MR) is 77.6 cm³/mol. The summed E-state index contributed by atoms with van der Waals surface area (Å²) in [7, 11) is 1.73. The highest BCUT2D eigenvalue weighted by Crippen LogP contribution is 2.39. The Morgan fingerprint density at radius 3 is 2.26 bits per heavy atom. The summed E-state index contributed by atoms with van der Waals surface area (Å²) in [5, 5.41) is 3.50. The summed E-state index contributed by atoms with van der Waals surface area (Å²) in [4.78, 5) is 2.72. The van der Waals surface area contributed by atoms with Crippen LogP contribution in [-0.2, 0) is 5.54 Å². The molecule has 0 bridgehead atoms. The molecule has 0 saturated carbocycles. The van der Waals surface area contributed by atoms with Gasteiger partial charge in [-0.05, 0) is 69.6 Å². The van der Waals surface area contributed by atoms with Crippen LogP contribution in [0, 0.1) is 0 Å². The minimum absolute atomic E-state index is 0.258. The first-order valence-electron chi connectivity index (χ1n) is 7.45. The highest BCUT2D eigenvalue weighted by Gasteiger charge is 2.40. The van der Waals surface area contributed by atoms with E-state index in [1.54, 1.807) is 7.11 Å². The third kappa shape index (κ3) is 2.37. The van der Waals surface area contributed by atoms with Crippen LogP contribution in [0.25, 0.3) is 0 Å². The summed E-state index contributed by atoms with van der Waals surface area (Å²) in [5.74, 6) is 0.953. The van der Waals surface area contributed by atoms with E-state index < -0.39 is 0 Å². The lowest BCUT2D eigenvalue weighted by atomic mass is 9.80. The molecule has 0 aliphatic carbocycles. The number of hydrogen-bond acceptors (Lipinski definition) is 3. The first-order chi connectivity index (χ1) is 9.35. The molecule has 0 unspecified atom stereocenters. The molecule has 2 heterocycles. The van der Waals surface area contributed by atoms with E-state index in [-0.39, 0.29) is 5.54 Å². The van der Waals surface area contributed by atoms with Gasteiger partial charge in [-0.3, -0.25) is 4.90 Å². The Hall–Kier alpha value is -1.06. The molecule has 3 rings (SSSR count). The second-order valence-electron chi connectivity index (χ2n) is 5.70. The number of methoxy groups -OCH3 is 1. The van der Waals surface area contributed by atoms with Crippen molar-refractivity contribution in [3.63, 3.8) is 0 Å². The topological polar surface area (TPSA) is 24.5 Å². The van der Waals surface area contributed by atoms with Gasteiger partial charge in [0, 0.05) is 5.54 Å². The summed E-state index contributed by atoms with van der Waals surface area (Å²) < 4.78 is 5.29. The molecule has 0 radical (unpaired) electrons. The summed E-state index contributed by atoms with van der Waals surface area (Å²) in [5.41, 5.74) is 1.73. The number of nitrogens with one attached hydrogen (secondary N) is 1. The van der Waals surface area contributed by atoms with E-state index in [2.05, 4.69) is 34.5 Å². The largest absolute Gasteiger partial charge is 0.497 e. The number of nitrogens with zero attached hydrogens (tertiary/aromatic N) is 1. The van der Waals surface area contributed by atoms with Crippen molar-refractivity contribution in [3.05, 3.63) is 29.8 Å². The van der Waals surface area contributed by atoms with E-state index in [4.69, 9.17) is 4.74 Å². The molecule has 3 nitrogen and oxygen atoms in total. The average Bonchev–Trinajstić information content (AvgIpc) is 3.03. The molecule has 2 aliphatic rings. The van der Waals surface area contributed by atoms with Crippen molar-refractivity contribution in [3.8, 4) is 5.75 Å². The van der Waals surface area contributed by atoms with Crippen molar-refractivity contribution in [2.45, 2.75) is 31.2 Å². The van der Waals surface area contributed by atoms with Crippen LogP contribution in [0.1, 0.15) is 31.2 Å². The minimum atomic E-state index is 0.258. The minimum Gasteiger partial charge on any atom is -0.497 e. The number of rotatable bonds is 3. The molecule has 19 heavy (non-hydrogen) atoms. The van der Waals surface area contributed by atoms with E-state index in [0.717, 1.165) is 18.8 Å². The van der Waals surface area contributed by atoms with Gasteiger partial charge in [-0.1, -0.05) is 12.1 Å². The van der Waals surface area contributed by atoms with E-state index in [1.165, 1.54) is 44.3 Å². The van der Waals surface area contributed by atoms with Crippen molar-refractivity contribution >= 4 is 0 Å². The third-order valence-corrected chi connectivity index (χ3v) is 4.77. The molecule has 0 atom stereocenters. The number of ether oxygens (including phenoxy) is 1. The highest BCUT2D eigenvalue weighted by molar-refractivity contribution is 5.33. The highest BCUT2D eigenvalue weighted by atomic mass is 16.5. The Balaban J connectivity index is 1.92. The summed E-state index contributed by atoms with van der Waals surface area (Å²) in [6.45, 7) is 4.77. The van der Waals surface area contributed by atoms with Gasteiger partial charge in [0.2, 0.25) is 0 Å². The number of hydrogen-bond donors (Lipinski definition) is 1. The van der Waals surface area contributed by atoms with Gasteiger partial charge in [-0.25, -0.2) is 0 Å². The SMILES string of the molecule is COc1ccc(C2(N3CCCC3)CCNCC2)cc1. The van der Waals surface area contributed by atoms with Gasteiger partial charge >= 0.3 is 0 Å². The molecule has 2 saturated heterocycles. The van der Waals surface area contributed by atoms with Gasteiger partial charge < -0.3 is 10.1 Å². The molecule has 0 aromatic heterocycles. The lowest BCUT2D eigenvalue weighted by Crippen LogP contribution is -2.51. The normalized spacial score (nSPS) is 23.4. The monoisotopic (exact) mass is 260 g/mol. The molecule has 0 spiro atoms. The van der Waals surface area contributed by atoms with Crippen molar-refractivity contribution < 1.29 is 4.74 Å². The molecular formula is C16H24N2O. The van der Waals surface area contributed by atoms with Crippen LogP contribution >= 0.6 is 0 Å². The Kier molecular flexibility index (Phi) is 3.76. The quantitative estimate of drug-likeness (QED) is 0.903. The van der Waals surface area contributed by atoms with E-state index in [1.807, 2.05) is 0 Å². The number of benzene rings is 1. The van der Waals surface area contributed by atoms with Crippen LogP contribution in [-0.4, -0.2) is 38.2 Å². The van der Waals surface area contributed by atoms with Crippen LogP contribution in [0.4, 0.5) is 0 Å². The van der Waals surface area contributed by atoms with Crippen molar-refractivity contribution in [2.24, 2.45) is 0 Å². The van der Waals surface area contributed by atoms with Gasteiger partial charge in [0.1, 0.15) is 5.75 Å². The van der Waals surface area contributed by atoms with E-state index in [0.29, 0.717) is 0 Å². The van der Waals surface area contributed by atoms with Gasteiger partial charge in [-0.2, -0.15) is 0 Å². The van der Waals surface area contributed by atoms with Gasteiger partial charge in [0.15, 0.2) is 0 Å². The lowest BCUT2D eigenvalue weighted by molar-refractivity contribution is 0.0777. The second kappa shape index (κ2) is 5.51. The zero-order chi connectivity index (χ0) is 13.1. The second-order valence-corrected chi connectivity index (χ2v) is 5.70. The number of likely N-dealkylation sites (tertiary alicyclic amines) is 1. The van der Waals surface area contributed by atoms with Gasteiger partial charge in [0.25, 0.3) is 0 Å². The van der Waals surface area contributed by atoms with Crippen LogP contribution < -0.4 is 10.1 Å². The summed E-state index contributed by atoms with van der Waals surface area (Å²) >= 11 is 0. The maximum absolute atomic E-state index is 5.29. The standard InChI is InChI=1S/C16H24N2O/c1-19-15-6-4-14(5-7-15)16(8-10-17-11-9-16)18-12-2-3-13-18/h4-7,17H,2-3,8-13H2,1H3. The third-order valence-electron chi connectivity index (χ3n) is 4.77. The summed E-state index contributed by atoms with van der Waals surface area (Å²) in [6.07, 6.45) is 5.15. The molecule has 1 aromatic carbocycles. The lowest BCUT2D eigenvalue weighted by Gasteiger charge is -2.45. The van der Waals surface area contributed by atoms with Crippen LogP contribution in [0.3, 0.4) is 0 Å². The van der Waals surface area contributed by atoms with Crippen LogP contribution in [0.15, 0.2) is 24.3 Å². The molecule has 1 N–H and O–H groups in total. The van der Waals surface area contributed by atoms with Crippen molar-refractivity contribution in [1.82, 2.24) is 10.2 Å². The number of piperidine rings is 1. The Bertz CT molecular complexity index is 403. The van der Waals surface area contributed by atoms with E-state index in [9.17, 15) is 0 Å². The zero-order valence-corrected chi connectivity index (χ0v) is 11.8. The van der Waals surface area contributed by atoms with Crippen LogP contribution in [0.2, 0.25) is 0 Å². The molecule has 104 valence electrons. The molecule has 2 aliphatic heterocycles. The van der Waals surface area contributed by atoms with E-state index >= 15 is 0 Å². The first kappa shape index (κ1) is 12.9. The molecule has 1 aromatic rings. The molecule has 0 amide bonds. The predicted octanol–water partition coefficient (Wildman–Crippen LogP) is 2.37. The fourth-order valence-electron chi connectivity index (χ4n) is 3.67.